The summed E-state index contributed by atoms with van der Waals surface area (Å²) in [5, 5.41) is 0. The van der Waals surface area contributed by atoms with Gasteiger partial charge in [-0.3, -0.25) is 0 Å². The van der Waals surface area contributed by atoms with Gasteiger partial charge in [0, 0.05) is 0 Å². The Morgan fingerprint density at radius 2 is 2.00 bits per heavy atom. The molecule has 2 nitrogen and oxygen atoms in total. The lowest BCUT2D eigenvalue weighted by atomic mass is 10.2. The molecule has 0 amide bonds. The van der Waals surface area contributed by atoms with Gasteiger partial charge in [0.25, 0.3) is 0 Å². The van der Waals surface area contributed by atoms with E-state index in [1.807, 2.05) is 0 Å². The van der Waals surface area contributed by atoms with E-state index in [0.717, 1.165) is 6.07 Å². The fraction of sp³-hybridized carbons (Fsp3) is 0.333. The van der Waals surface area contributed by atoms with E-state index in [2.05, 4.69) is 0 Å². The van der Waals surface area contributed by atoms with Gasteiger partial charge in [-0.1, -0.05) is 13.0 Å². The monoisotopic (exact) mass is 202 g/mol. The maximum absolute atomic E-state index is 13.0. The van der Waals surface area contributed by atoms with E-state index in [9.17, 15) is 12.8 Å². The standard InChI is InChI=1S/C9H11FO2S/c1-3-13(11,12)8-5-4-7(2)9(10)6-8/h4-6H,3H2,1-2H3. The maximum atomic E-state index is 13.0. The molecule has 0 spiro atoms. The predicted molar refractivity (Wildman–Crippen MR) is 48.9 cm³/mol. The molecule has 1 aromatic rings. The van der Waals surface area contributed by atoms with E-state index >= 15 is 0 Å². The van der Waals surface area contributed by atoms with E-state index in [0.29, 0.717) is 5.56 Å². The lowest BCUT2D eigenvalue weighted by Gasteiger charge is -2.02. The summed E-state index contributed by atoms with van der Waals surface area (Å²) in [7, 11) is -3.28. The van der Waals surface area contributed by atoms with Crippen molar-refractivity contribution in [3.63, 3.8) is 0 Å². The SMILES string of the molecule is CCS(=O)(=O)c1ccc(C)c(F)c1. The largest absolute Gasteiger partial charge is 0.224 e. The van der Waals surface area contributed by atoms with Crippen molar-refractivity contribution in [2.45, 2.75) is 18.7 Å². The number of hydrogen-bond donors (Lipinski definition) is 0. The topological polar surface area (TPSA) is 34.1 Å². The van der Waals surface area contributed by atoms with Gasteiger partial charge in [0.1, 0.15) is 5.82 Å². The van der Waals surface area contributed by atoms with Crippen LogP contribution in [0.1, 0.15) is 12.5 Å². The summed E-state index contributed by atoms with van der Waals surface area (Å²) in [4.78, 5) is 0.0538. The quantitative estimate of drug-likeness (QED) is 0.734. The van der Waals surface area contributed by atoms with Gasteiger partial charge in [0.2, 0.25) is 0 Å². The van der Waals surface area contributed by atoms with Gasteiger partial charge in [-0.25, -0.2) is 12.8 Å². The highest BCUT2D eigenvalue weighted by molar-refractivity contribution is 7.91. The smallest absolute Gasteiger partial charge is 0.178 e. The first kappa shape index (κ1) is 10.2. The minimum absolute atomic E-state index is 0.00446. The molecule has 0 radical (unpaired) electrons. The number of sulfone groups is 1. The number of rotatable bonds is 2. The van der Waals surface area contributed by atoms with Gasteiger partial charge >= 0.3 is 0 Å². The van der Waals surface area contributed by atoms with Crippen LogP contribution in [0.25, 0.3) is 0 Å². The normalized spacial score (nSPS) is 11.6. The van der Waals surface area contributed by atoms with E-state index in [4.69, 9.17) is 0 Å². The van der Waals surface area contributed by atoms with Gasteiger partial charge < -0.3 is 0 Å². The zero-order valence-corrected chi connectivity index (χ0v) is 8.36. The molecule has 4 heteroatoms. The lowest BCUT2D eigenvalue weighted by molar-refractivity contribution is 0.590. The van der Waals surface area contributed by atoms with E-state index in [-0.39, 0.29) is 10.6 Å². The van der Waals surface area contributed by atoms with Crippen LogP contribution in [0, 0.1) is 12.7 Å². The Morgan fingerprint density at radius 3 is 2.46 bits per heavy atom. The van der Waals surface area contributed by atoms with Crippen LogP contribution in [-0.4, -0.2) is 14.2 Å². The van der Waals surface area contributed by atoms with Crippen LogP contribution in [0.3, 0.4) is 0 Å². The van der Waals surface area contributed by atoms with Gasteiger partial charge in [-0.15, -0.1) is 0 Å². The van der Waals surface area contributed by atoms with Crippen LogP contribution in [0.2, 0.25) is 0 Å². The second-order valence-electron chi connectivity index (χ2n) is 2.81. The van der Waals surface area contributed by atoms with Crippen LogP contribution < -0.4 is 0 Å². The second kappa shape index (κ2) is 3.46. The first-order valence-electron chi connectivity index (χ1n) is 3.96. The molecule has 0 aliphatic rings. The summed E-state index contributed by atoms with van der Waals surface area (Å²) in [5.41, 5.74) is 0.454. The Kier molecular flexibility index (Phi) is 2.71. The van der Waals surface area contributed by atoms with E-state index in [1.165, 1.54) is 19.1 Å². The predicted octanol–water partition coefficient (Wildman–Crippen LogP) is 1.93. The van der Waals surface area contributed by atoms with Gasteiger partial charge in [0.15, 0.2) is 9.84 Å². The first-order chi connectivity index (χ1) is 5.97. The minimum atomic E-state index is -3.28. The molecule has 0 aliphatic heterocycles. The second-order valence-corrected chi connectivity index (χ2v) is 5.09. The van der Waals surface area contributed by atoms with Crippen molar-refractivity contribution in [1.82, 2.24) is 0 Å². The van der Waals surface area contributed by atoms with Crippen LogP contribution in [-0.2, 0) is 9.84 Å². The summed E-state index contributed by atoms with van der Waals surface area (Å²) in [6.45, 7) is 3.13. The van der Waals surface area contributed by atoms with Gasteiger partial charge in [-0.2, -0.15) is 0 Å². The molecule has 0 aliphatic carbocycles. The van der Waals surface area contributed by atoms with Crippen molar-refractivity contribution in [3.8, 4) is 0 Å². The number of benzene rings is 1. The first-order valence-corrected chi connectivity index (χ1v) is 5.61. The van der Waals surface area contributed by atoms with Crippen molar-refractivity contribution < 1.29 is 12.8 Å². The highest BCUT2D eigenvalue weighted by atomic mass is 32.2. The zero-order chi connectivity index (χ0) is 10.1. The highest BCUT2D eigenvalue weighted by Gasteiger charge is 2.12. The summed E-state index contributed by atoms with van der Waals surface area (Å²) >= 11 is 0. The zero-order valence-electron chi connectivity index (χ0n) is 7.54. The van der Waals surface area contributed by atoms with Crippen LogP contribution in [0.5, 0.6) is 0 Å². The van der Waals surface area contributed by atoms with Crippen molar-refractivity contribution in [1.29, 1.82) is 0 Å². The fourth-order valence-corrected chi connectivity index (χ4v) is 1.83. The molecule has 0 saturated carbocycles. The molecule has 72 valence electrons. The van der Waals surface area contributed by atoms with Crippen LogP contribution in [0.4, 0.5) is 4.39 Å². The Morgan fingerprint density at radius 1 is 1.38 bits per heavy atom. The van der Waals surface area contributed by atoms with Crippen molar-refractivity contribution in [2.24, 2.45) is 0 Å². The molecule has 1 rings (SSSR count). The van der Waals surface area contributed by atoms with Crippen molar-refractivity contribution in [3.05, 3.63) is 29.6 Å². The third kappa shape index (κ3) is 2.06. The maximum Gasteiger partial charge on any atom is 0.178 e. The Balaban J connectivity index is 3.27. The average molecular weight is 202 g/mol. The molecule has 0 aromatic heterocycles. The van der Waals surface area contributed by atoms with E-state index < -0.39 is 15.7 Å². The molecule has 0 fully saturated rings. The molecule has 1 aromatic carbocycles. The summed E-state index contributed by atoms with van der Waals surface area (Å²) in [6.07, 6.45) is 0. The third-order valence-electron chi connectivity index (χ3n) is 1.88. The number of halogens is 1. The minimum Gasteiger partial charge on any atom is -0.224 e. The van der Waals surface area contributed by atoms with Crippen LogP contribution in [0.15, 0.2) is 23.1 Å². The molecular weight excluding hydrogens is 191 g/mol. The molecule has 0 bridgehead atoms. The van der Waals surface area contributed by atoms with Crippen molar-refractivity contribution >= 4 is 9.84 Å². The molecule has 0 saturated heterocycles. The van der Waals surface area contributed by atoms with E-state index in [1.54, 1.807) is 6.92 Å². The molecule has 0 heterocycles. The number of hydrogen-bond acceptors (Lipinski definition) is 2. The summed E-state index contributed by atoms with van der Waals surface area (Å²) in [6, 6.07) is 3.96. The molecule has 0 unspecified atom stereocenters. The molecular formula is C9H11FO2S. The van der Waals surface area contributed by atoms with Crippen LogP contribution >= 0.6 is 0 Å². The summed E-state index contributed by atoms with van der Waals surface area (Å²) in [5.74, 6) is -0.482. The van der Waals surface area contributed by atoms with Gasteiger partial charge in [-0.05, 0) is 24.6 Å². The number of aryl methyl sites for hydroxylation is 1. The van der Waals surface area contributed by atoms with Gasteiger partial charge in [0.05, 0.1) is 10.6 Å². The summed E-state index contributed by atoms with van der Waals surface area (Å²) < 4.78 is 35.6. The molecule has 13 heavy (non-hydrogen) atoms. The van der Waals surface area contributed by atoms with Crippen molar-refractivity contribution in [2.75, 3.05) is 5.75 Å². The highest BCUT2D eigenvalue weighted by Crippen LogP contribution is 2.15. The lowest BCUT2D eigenvalue weighted by Crippen LogP contribution is -2.04. The Bertz CT molecular complexity index is 410. The molecule has 0 atom stereocenters. The average Bonchev–Trinajstić information content (AvgIpc) is 2.09. The Labute approximate surface area is 77.3 Å². The molecule has 0 N–H and O–H groups in total. The third-order valence-corrected chi connectivity index (χ3v) is 3.61. The fourth-order valence-electron chi connectivity index (χ4n) is 0.934. The Hall–Kier alpha value is -0.900.